The molecule has 0 saturated heterocycles. The first kappa shape index (κ1) is 8.06. The molecule has 1 aromatic rings. The minimum atomic E-state index is 0.786. The van der Waals surface area contributed by atoms with E-state index in [9.17, 15) is 0 Å². The van der Waals surface area contributed by atoms with Crippen molar-refractivity contribution in [3.05, 3.63) is 28.5 Å². The van der Waals surface area contributed by atoms with Crippen LogP contribution in [0.5, 0.6) is 0 Å². The Bertz CT molecular complexity index is 269. The Kier molecular flexibility index (Phi) is 2.31. The first-order chi connectivity index (χ1) is 5.86. The van der Waals surface area contributed by atoms with Crippen LogP contribution in [0.4, 0.5) is 0 Å². The van der Waals surface area contributed by atoms with E-state index < -0.39 is 0 Å². The first-order valence-corrected chi connectivity index (χ1v) is 5.54. The van der Waals surface area contributed by atoms with Gasteiger partial charge in [0.2, 0.25) is 0 Å². The smallest absolute Gasteiger partial charge is 0.00181 e. The molecule has 1 aromatic heterocycles. The molecule has 0 fully saturated rings. The highest BCUT2D eigenvalue weighted by Gasteiger charge is 2.10. The van der Waals surface area contributed by atoms with Crippen molar-refractivity contribution < 1.29 is 0 Å². The summed E-state index contributed by atoms with van der Waals surface area (Å²) in [6.07, 6.45) is 6.45. The van der Waals surface area contributed by atoms with Gasteiger partial charge in [0.25, 0.3) is 0 Å². The second-order valence-electron chi connectivity index (χ2n) is 3.57. The molecule has 1 aliphatic carbocycles. The number of allylic oxidation sites excluding steroid dienone is 2. The zero-order valence-corrected chi connectivity index (χ0v) is 8.23. The highest BCUT2D eigenvalue weighted by Crippen LogP contribution is 2.30. The Labute approximate surface area is 77.9 Å². The van der Waals surface area contributed by atoms with Gasteiger partial charge in [-0.2, -0.15) is 11.3 Å². The average molecular weight is 178 g/mol. The maximum absolute atomic E-state index is 2.44. The van der Waals surface area contributed by atoms with Gasteiger partial charge in [-0.05, 0) is 53.1 Å². The lowest BCUT2D eigenvalue weighted by atomic mass is 9.89. The molecule has 1 heteroatoms. The molecule has 0 spiro atoms. The summed E-state index contributed by atoms with van der Waals surface area (Å²) in [5, 5.41) is 4.42. The summed E-state index contributed by atoms with van der Waals surface area (Å²) in [6.45, 7) is 2.31. The van der Waals surface area contributed by atoms with Crippen LogP contribution in [0.15, 0.2) is 22.9 Å². The number of hydrogen-bond acceptors (Lipinski definition) is 1. The Morgan fingerprint density at radius 3 is 3.08 bits per heavy atom. The van der Waals surface area contributed by atoms with Crippen molar-refractivity contribution in [2.75, 3.05) is 0 Å². The molecular formula is C11H14S. The summed E-state index contributed by atoms with van der Waals surface area (Å²) in [5.41, 5.74) is 3.02. The second-order valence-corrected chi connectivity index (χ2v) is 4.35. The molecule has 0 bridgehead atoms. The van der Waals surface area contributed by atoms with Crippen LogP contribution in [0, 0.1) is 5.92 Å². The Morgan fingerprint density at radius 2 is 2.42 bits per heavy atom. The van der Waals surface area contributed by atoms with Gasteiger partial charge in [-0.1, -0.05) is 13.0 Å². The van der Waals surface area contributed by atoms with Gasteiger partial charge in [0.1, 0.15) is 0 Å². The van der Waals surface area contributed by atoms with E-state index in [0.29, 0.717) is 0 Å². The lowest BCUT2D eigenvalue weighted by molar-refractivity contribution is 0.593. The minimum absolute atomic E-state index is 0.786. The number of hydrogen-bond donors (Lipinski definition) is 0. The van der Waals surface area contributed by atoms with Crippen LogP contribution in [0.2, 0.25) is 0 Å². The van der Waals surface area contributed by atoms with Gasteiger partial charge < -0.3 is 0 Å². The predicted octanol–water partition coefficient (Wildman–Crippen LogP) is 3.95. The highest BCUT2D eigenvalue weighted by molar-refractivity contribution is 7.08. The number of thiophene rings is 1. The maximum Gasteiger partial charge on any atom is -0.00181 e. The van der Waals surface area contributed by atoms with Crippen LogP contribution in [-0.4, -0.2) is 0 Å². The second kappa shape index (κ2) is 3.44. The van der Waals surface area contributed by atoms with Crippen LogP contribution < -0.4 is 0 Å². The van der Waals surface area contributed by atoms with Crippen LogP contribution >= 0.6 is 11.3 Å². The SMILES string of the molecule is CC1C=C(c2ccsc2)CCC1. The fourth-order valence-corrected chi connectivity index (χ4v) is 2.49. The molecule has 1 aliphatic rings. The number of rotatable bonds is 1. The molecule has 0 aromatic carbocycles. The molecule has 0 nitrogen and oxygen atoms in total. The van der Waals surface area contributed by atoms with Crippen LogP contribution in [-0.2, 0) is 0 Å². The van der Waals surface area contributed by atoms with E-state index in [1.54, 1.807) is 16.9 Å². The quantitative estimate of drug-likeness (QED) is 0.610. The third-order valence-electron chi connectivity index (χ3n) is 2.48. The summed E-state index contributed by atoms with van der Waals surface area (Å²) in [5.74, 6) is 0.786. The molecule has 0 saturated carbocycles. The molecule has 0 amide bonds. The zero-order valence-electron chi connectivity index (χ0n) is 7.42. The highest BCUT2D eigenvalue weighted by atomic mass is 32.1. The van der Waals surface area contributed by atoms with E-state index in [4.69, 9.17) is 0 Å². The summed E-state index contributed by atoms with van der Waals surface area (Å²) < 4.78 is 0. The lowest BCUT2D eigenvalue weighted by Crippen LogP contribution is -1.99. The normalized spacial score (nSPS) is 23.8. The molecular weight excluding hydrogens is 164 g/mol. The van der Waals surface area contributed by atoms with E-state index in [1.165, 1.54) is 24.8 Å². The van der Waals surface area contributed by atoms with Crippen molar-refractivity contribution in [3.8, 4) is 0 Å². The fraction of sp³-hybridized carbons (Fsp3) is 0.455. The van der Waals surface area contributed by atoms with Gasteiger partial charge in [0.15, 0.2) is 0 Å². The average Bonchev–Trinajstić information content (AvgIpc) is 2.56. The van der Waals surface area contributed by atoms with Gasteiger partial charge in [-0.15, -0.1) is 0 Å². The minimum Gasteiger partial charge on any atom is -0.152 e. The third-order valence-corrected chi connectivity index (χ3v) is 3.17. The van der Waals surface area contributed by atoms with Crippen molar-refractivity contribution in [1.29, 1.82) is 0 Å². The fourth-order valence-electron chi connectivity index (χ4n) is 1.81. The van der Waals surface area contributed by atoms with E-state index >= 15 is 0 Å². The van der Waals surface area contributed by atoms with Crippen molar-refractivity contribution in [2.45, 2.75) is 26.2 Å². The molecule has 1 heterocycles. The summed E-state index contributed by atoms with van der Waals surface area (Å²) >= 11 is 1.79. The van der Waals surface area contributed by atoms with Crippen LogP contribution in [0.3, 0.4) is 0 Å². The molecule has 64 valence electrons. The van der Waals surface area contributed by atoms with Crippen molar-refractivity contribution >= 4 is 16.9 Å². The van der Waals surface area contributed by atoms with Gasteiger partial charge in [-0.3, -0.25) is 0 Å². The Hall–Kier alpha value is -0.560. The predicted molar refractivity (Wildman–Crippen MR) is 55.3 cm³/mol. The van der Waals surface area contributed by atoms with Crippen molar-refractivity contribution in [1.82, 2.24) is 0 Å². The van der Waals surface area contributed by atoms with E-state index in [0.717, 1.165) is 5.92 Å². The van der Waals surface area contributed by atoms with Crippen molar-refractivity contribution in [2.24, 2.45) is 5.92 Å². The van der Waals surface area contributed by atoms with Gasteiger partial charge in [0.05, 0.1) is 0 Å². The molecule has 0 aliphatic heterocycles. The van der Waals surface area contributed by atoms with Gasteiger partial charge in [-0.25, -0.2) is 0 Å². The first-order valence-electron chi connectivity index (χ1n) is 4.59. The van der Waals surface area contributed by atoms with E-state index in [1.807, 2.05) is 0 Å². The standard InChI is InChI=1S/C11H14S/c1-9-3-2-4-10(7-9)11-5-6-12-8-11/h5-9H,2-4H2,1H3. The Morgan fingerprint density at radius 1 is 1.50 bits per heavy atom. The molecule has 0 radical (unpaired) electrons. The summed E-state index contributed by atoms with van der Waals surface area (Å²) in [7, 11) is 0. The van der Waals surface area contributed by atoms with Gasteiger partial charge in [0, 0.05) is 0 Å². The third kappa shape index (κ3) is 1.61. The Balaban J connectivity index is 2.23. The molecule has 0 N–H and O–H groups in total. The van der Waals surface area contributed by atoms with Crippen molar-refractivity contribution in [3.63, 3.8) is 0 Å². The molecule has 1 atom stereocenters. The summed E-state index contributed by atoms with van der Waals surface area (Å²) in [6, 6.07) is 2.23. The maximum atomic E-state index is 2.44. The van der Waals surface area contributed by atoms with Gasteiger partial charge >= 0.3 is 0 Å². The molecule has 1 unspecified atom stereocenters. The van der Waals surface area contributed by atoms with Crippen LogP contribution in [0.1, 0.15) is 31.7 Å². The van der Waals surface area contributed by atoms with E-state index in [-0.39, 0.29) is 0 Å². The monoisotopic (exact) mass is 178 g/mol. The topological polar surface area (TPSA) is 0 Å². The largest absolute Gasteiger partial charge is 0.152 e. The molecule has 2 rings (SSSR count). The summed E-state index contributed by atoms with van der Waals surface area (Å²) in [4.78, 5) is 0. The van der Waals surface area contributed by atoms with Crippen LogP contribution in [0.25, 0.3) is 5.57 Å². The zero-order chi connectivity index (χ0) is 8.39. The molecule has 12 heavy (non-hydrogen) atoms. The lowest BCUT2D eigenvalue weighted by Gasteiger charge is -2.16. The van der Waals surface area contributed by atoms with E-state index in [2.05, 4.69) is 29.8 Å².